The fourth-order valence-corrected chi connectivity index (χ4v) is 2.42. The molecule has 1 N–H and O–H groups in total. The van der Waals surface area contributed by atoms with Crippen molar-refractivity contribution in [2.75, 3.05) is 19.0 Å². The maximum atomic E-state index is 12.3. The third-order valence-corrected chi connectivity index (χ3v) is 3.75. The van der Waals surface area contributed by atoms with E-state index in [1.54, 1.807) is 18.2 Å². The molecule has 0 aliphatic heterocycles. The van der Waals surface area contributed by atoms with Crippen molar-refractivity contribution in [2.45, 2.75) is 6.92 Å². The van der Waals surface area contributed by atoms with E-state index in [-0.39, 0.29) is 16.5 Å². The summed E-state index contributed by atoms with van der Waals surface area (Å²) in [4.78, 5) is 23.9. The van der Waals surface area contributed by atoms with Gasteiger partial charge < -0.3 is 14.8 Å². The Bertz CT molecular complexity index is 777. The Morgan fingerprint density at radius 2 is 1.83 bits per heavy atom. The highest BCUT2D eigenvalue weighted by molar-refractivity contribution is 6.34. The van der Waals surface area contributed by atoms with Gasteiger partial charge in [-0.25, -0.2) is 4.79 Å². The predicted molar refractivity (Wildman–Crippen MR) is 93.4 cm³/mol. The number of ether oxygens (including phenoxy) is 2. The molecule has 0 bridgehead atoms. The zero-order chi connectivity index (χ0) is 17.7. The first kappa shape index (κ1) is 18.1. The first-order chi connectivity index (χ1) is 11.5. The molecule has 1 amide bonds. The third-order valence-electron chi connectivity index (χ3n) is 3.12. The van der Waals surface area contributed by atoms with E-state index in [0.717, 1.165) is 0 Å². The molecule has 0 unspecified atom stereocenters. The molecule has 0 saturated carbocycles. The normalized spacial score (nSPS) is 10.2. The Labute approximate surface area is 149 Å². The Morgan fingerprint density at radius 1 is 1.08 bits per heavy atom. The van der Waals surface area contributed by atoms with Crippen LogP contribution in [0.4, 0.5) is 5.69 Å². The molecule has 0 saturated heterocycles. The van der Waals surface area contributed by atoms with Crippen LogP contribution in [-0.2, 0) is 4.74 Å². The zero-order valence-corrected chi connectivity index (χ0v) is 14.6. The maximum Gasteiger partial charge on any atom is 0.339 e. The number of halogens is 2. The van der Waals surface area contributed by atoms with Gasteiger partial charge in [0.05, 0.1) is 29.3 Å². The van der Waals surface area contributed by atoms with Gasteiger partial charge in [0.15, 0.2) is 0 Å². The summed E-state index contributed by atoms with van der Waals surface area (Å²) in [6.07, 6.45) is 0. The average Bonchev–Trinajstić information content (AvgIpc) is 2.57. The average molecular weight is 368 g/mol. The lowest BCUT2D eigenvalue weighted by molar-refractivity contribution is 0.0600. The number of methoxy groups -OCH3 is 1. The van der Waals surface area contributed by atoms with E-state index in [2.05, 4.69) is 10.1 Å². The monoisotopic (exact) mass is 367 g/mol. The van der Waals surface area contributed by atoms with Gasteiger partial charge in [0, 0.05) is 11.3 Å². The summed E-state index contributed by atoms with van der Waals surface area (Å²) >= 11 is 12.0. The number of nitrogens with one attached hydrogen (secondary N) is 1. The van der Waals surface area contributed by atoms with Crippen LogP contribution in [0.1, 0.15) is 27.6 Å². The lowest BCUT2D eigenvalue weighted by Crippen LogP contribution is -2.13. The van der Waals surface area contributed by atoms with Crippen LogP contribution in [0.2, 0.25) is 10.0 Å². The van der Waals surface area contributed by atoms with Crippen molar-refractivity contribution in [3.8, 4) is 5.75 Å². The van der Waals surface area contributed by atoms with Crippen LogP contribution < -0.4 is 10.1 Å². The number of hydrogen-bond acceptors (Lipinski definition) is 4. The standard InChI is InChI=1S/C17H15Cl2NO4/c1-3-24-15-7-4-10(8-14(15)19)16(21)20-11-5-6-13(18)12(9-11)17(22)23-2/h4-9H,3H2,1-2H3,(H,20,21). The van der Waals surface area contributed by atoms with E-state index in [4.69, 9.17) is 27.9 Å². The van der Waals surface area contributed by atoms with E-state index in [9.17, 15) is 9.59 Å². The van der Waals surface area contributed by atoms with E-state index < -0.39 is 5.97 Å². The molecule has 126 valence electrons. The van der Waals surface area contributed by atoms with E-state index >= 15 is 0 Å². The van der Waals surface area contributed by atoms with Crippen LogP contribution in [0.3, 0.4) is 0 Å². The van der Waals surface area contributed by atoms with Crippen LogP contribution in [0.25, 0.3) is 0 Å². The second-order valence-electron chi connectivity index (χ2n) is 4.72. The highest BCUT2D eigenvalue weighted by Crippen LogP contribution is 2.26. The molecule has 0 fully saturated rings. The van der Waals surface area contributed by atoms with Gasteiger partial charge in [-0.2, -0.15) is 0 Å². The van der Waals surface area contributed by atoms with E-state index in [0.29, 0.717) is 28.6 Å². The fourth-order valence-electron chi connectivity index (χ4n) is 1.99. The Kier molecular flexibility index (Phi) is 6.06. The highest BCUT2D eigenvalue weighted by Gasteiger charge is 2.14. The van der Waals surface area contributed by atoms with Crippen molar-refractivity contribution in [1.82, 2.24) is 0 Å². The Balaban J connectivity index is 2.21. The maximum absolute atomic E-state index is 12.3. The van der Waals surface area contributed by atoms with Gasteiger partial charge >= 0.3 is 5.97 Å². The number of rotatable bonds is 5. The lowest BCUT2D eigenvalue weighted by atomic mass is 10.1. The molecule has 5 nitrogen and oxygen atoms in total. The van der Waals surface area contributed by atoms with Crippen LogP contribution in [0.5, 0.6) is 5.75 Å². The number of carbonyl (C=O) groups excluding carboxylic acids is 2. The molecule has 24 heavy (non-hydrogen) atoms. The molecule has 2 aromatic carbocycles. The second-order valence-corrected chi connectivity index (χ2v) is 5.53. The van der Waals surface area contributed by atoms with Crippen LogP contribution >= 0.6 is 23.2 Å². The van der Waals surface area contributed by atoms with Crippen molar-refractivity contribution >= 4 is 40.8 Å². The van der Waals surface area contributed by atoms with Gasteiger partial charge in [0.1, 0.15) is 5.75 Å². The largest absolute Gasteiger partial charge is 0.492 e. The Hall–Kier alpha value is -2.24. The lowest BCUT2D eigenvalue weighted by Gasteiger charge is -2.10. The number of carbonyl (C=O) groups is 2. The zero-order valence-electron chi connectivity index (χ0n) is 13.1. The number of amides is 1. The summed E-state index contributed by atoms with van der Waals surface area (Å²) in [7, 11) is 1.26. The van der Waals surface area contributed by atoms with Crippen LogP contribution in [0, 0.1) is 0 Å². The second kappa shape index (κ2) is 8.04. The first-order valence-corrected chi connectivity index (χ1v) is 7.83. The smallest absolute Gasteiger partial charge is 0.339 e. The van der Waals surface area contributed by atoms with Crippen LogP contribution in [-0.4, -0.2) is 25.6 Å². The summed E-state index contributed by atoms with van der Waals surface area (Å²) < 4.78 is 9.97. The quantitative estimate of drug-likeness (QED) is 0.793. The number of anilines is 1. The molecule has 7 heteroatoms. The molecule has 0 radical (unpaired) electrons. The predicted octanol–water partition coefficient (Wildman–Crippen LogP) is 4.43. The third kappa shape index (κ3) is 4.19. The van der Waals surface area contributed by atoms with Crippen molar-refractivity contribution in [1.29, 1.82) is 0 Å². The molecule has 0 aromatic heterocycles. The molecule has 0 atom stereocenters. The molecule has 2 aromatic rings. The SMILES string of the molecule is CCOc1ccc(C(=O)Nc2ccc(Cl)c(C(=O)OC)c2)cc1Cl. The van der Waals surface area contributed by atoms with Gasteiger partial charge in [-0.15, -0.1) is 0 Å². The summed E-state index contributed by atoms with van der Waals surface area (Å²) in [6, 6.07) is 9.28. The minimum Gasteiger partial charge on any atom is -0.492 e. The molecule has 0 spiro atoms. The van der Waals surface area contributed by atoms with Crippen molar-refractivity contribution in [3.63, 3.8) is 0 Å². The molecular formula is C17H15Cl2NO4. The van der Waals surface area contributed by atoms with Gasteiger partial charge in [-0.3, -0.25) is 4.79 Å². The summed E-state index contributed by atoms with van der Waals surface area (Å²) in [5.41, 5.74) is 0.939. The van der Waals surface area contributed by atoms with Gasteiger partial charge in [0.25, 0.3) is 5.91 Å². The molecule has 2 rings (SSSR count). The fraction of sp³-hybridized carbons (Fsp3) is 0.176. The molecule has 0 heterocycles. The summed E-state index contributed by atoms with van der Waals surface area (Å²) in [5, 5.41) is 3.26. The van der Waals surface area contributed by atoms with E-state index in [1.807, 2.05) is 6.92 Å². The van der Waals surface area contributed by atoms with Gasteiger partial charge in [0.2, 0.25) is 0 Å². The number of hydrogen-bond donors (Lipinski definition) is 1. The van der Waals surface area contributed by atoms with Gasteiger partial charge in [-0.05, 0) is 43.3 Å². The topological polar surface area (TPSA) is 64.6 Å². The Morgan fingerprint density at radius 3 is 2.46 bits per heavy atom. The summed E-state index contributed by atoms with van der Waals surface area (Å²) in [6.45, 7) is 2.32. The minimum absolute atomic E-state index is 0.168. The van der Waals surface area contributed by atoms with Gasteiger partial charge in [-0.1, -0.05) is 23.2 Å². The van der Waals surface area contributed by atoms with Crippen molar-refractivity contribution < 1.29 is 19.1 Å². The van der Waals surface area contributed by atoms with E-state index in [1.165, 1.54) is 25.3 Å². The highest BCUT2D eigenvalue weighted by atomic mass is 35.5. The minimum atomic E-state index is -0.583. The number of benzene rings is 2. The van der Waals surface area contributed by atoms with Crippen molar-refractivity contribution in [3.05, 3.63) is 57.6 Å². The molecule has 0 aliphatic rings. The number of esters is 1. The molecular weight excluding hydrogens is 353 g/mol. The van der Waals surface area contributed by atoms with Crippen LogP contribution in [0.15, 0.2) is 36.4 Å². The van der Waals surface area contributed by atoms with Crippen molar-refractivity contribution in [2.24, 2.45) is 0 Å². The molecule has 0 aliphatic carbocycles. The first-order valence-electron chi connectivity index (χ1n) is 7.07. The summed E-state index contributed by atoms with van der Waals surface area (Å²) in [5.74, 6) is -0.450.